The number of aromatic amines is 2. The molecule has 2 N–H and O–H groups in total. The number of aryl methyl sites for hydroxylation is 1. The maximum atomic E-state index is 13.3. The van der Waals surface area contributed by atoms with Crippen molar-refractivity contribution in [3.8, 4) is 0 Å². The average Bonchev–Trinajstić information content (AvgIpc) is 2.78. The monoisotopic (exact) mass is 433 g/mol. The Labute approximate surface area is 185 Å². The lowest BCUT2D eigenvalue weighted by atomic mass is 9.83. The van der Waals surface area contributed by atoms with E-state index in [1.54, 1.807) is 13.0 Å². The molecule has 8 nitrogen and oxygen atoms in total. The molecular weight excluding hydrogens is 406 g/mol. The van der Waals surface area contributed by atoms with Crippen molar-refractivity contribution < 1.29 is 4.79 Å². The number of rotatable bonds is 3. The van der Waals surface area contributed by atoms with Gasteiger partial charge >= 0.3 is 5.69 Å². The third kappa shape index (κ3) is 3.86. The molecule has 0 radical (unpaired) electrons. The van der Waals surface area contributed by atoms with Gasteiger partial charge in [-0.3, -0.25) is 24.5 Å². The molecule has 0 saturated carbocycles. The van der Waals surface area contributed by atoms with Crippen LogP contribution in [-0.4, -0.2) is 56.3 Å². The SMILES string of the molecule is Cc1cc(C(=O)N2CCC3C(CCCN3Cc3ccccc3)C2)nc2[nH]c(=O)[nH]c(=O)c12. The van der Waals surface area contributed by atoms with E-state index in [0.29, 0.717) is 36.0 Å². The maximum absolute atomic E-state index is 13.3. The summed E-state index contributed by atoms with van der Waals surface area (Å²) in [6.45, 7) is 5.18. The number of hydrogen-bond donors (Lipinski definition) is 2. The van der Waals surface area contributed by atoms with Crippen molar-refractivity contribution >= 4 is 16.9 Å². The number of amides is 1. The molecule has 0 bridgehead atoms. The summed E-state index contributed by atoms with van der Waals surface area (Å²) in [6.07, 6.45) is 3.19. The highest BCUT2D eigenvalue weighted by atomic mass is 16.2. The maximum Gasteiger partial charge on any atom is 0.327 e. The van der Waals surface area contributed by atoms with E-state index in [-0.39, 0.29) is 17.2 Å². The van der Waals surface area contributed by atoms with Crippen molar-refractivity contribution in [3.05, 3.63) is 74.1 Å². The summed E-state index contributed by atoms with van der Waals surface area (Å²) in [5, 5.41) is 0.309. The van der Waals surface area contributed by atoms with Gasteiger partial charge in [0.1, 0.15) is 11.3 Å². The summed E-state index contributed by atoms with van der Waals surface area (Å²) in [5.41, 5.74) is 1.26. The second-order valence-corrected chi connectivity index (χ2v) is 8.92. The molecule has 2 aromatic heterocycles. The molecule has 166 valence electrons. The van der Waals surface area contributed by atoms with Crippen molar-refractivity contribution in [2.45, 2.75) is 38.8 Å². The Morgan fingerprint density at radius 3 is 2.75 bits per heavy atom. The molecule has 2 saturated heterocycles. The van der Waals surface area contributed by atoms with E-state index >= 15 is 0 Å². The fourth-order valence-electron chi connectivity index (χ4n) is 5.33. The fraction of sp³-hybridized carbons (Fsp3) is 0.417. The lowest BCUT2D eigenvalue weighted by molar-refractivity contribution is 0.0172. The Hall–Kier alpha value is -3.26. The van der Waals surface area contributed by atoms with Crippen LogP contribution in [0, 0.1) is 12.8 Å². The summed E-state index contributed by atoms with van der Waals surface area (Å²) in [4.78, 5) is 50.6. The van der Waals surface area contributed by atoms with Crippen molar-refractivity contribution in [1.82, 2.24) is 24.8 Å². The predicted molar refractivity (Wildman–Crippen MR) is 122 cm³/mol. The minimum atomic E-state index is -0.625. The fourth-order valence-corrected chi connectivity index (χ4v) is 5.33. The molecule has 1 amide bonds. The molecule has 0 aliphatic carbocycles. The average molecular weight is 434 g/mol. The molecule has 3 aromatic rings. The van der Waals surface area contributed by atoms with Crippen LogP contribution in [0.25, 0.3) is 11.0 Å². The van der Waals surface area contributed by atoms with E-state index in [0.717, 1.165) is 32.4 Å². The summed E-state index contributed by atoms with van der Waals surface area (Å²) >= 11 is 0. The van der Waals surface area contributed by atoms with E-state index in [1.807, 2.05) is 11.0 Å². The minimum Gasteiger partial charge on any atom is -0.337 e. The first-order valence-electron chi connectivity index (χ1n) is 11.2. The largest absolute Gasteiger partial charge is 0.337 e. The Balaban J connectivity index is 1.35. The summed E-state index contributed by atoms with van der Waals surface area (Å²) < 4.78 is 0. The van der Waals surface area contributed by atoms with Crippen molar-refractivity contribution in [3.63, 3.8) is 0 Å². The van der Waals surface area contributed by atoms with Crippen LogP contribution in [0.4, 0.5) is 0 Å². The van der Waals surface area contributed by atoms with Gasteiger partial charge in [0.2, 0.25) is 0 Å². The van der Waals surface area contributed by atoms with Crippen LogP contribution in [0.15, 0.2) is 46.0 Å². The molecule has 0 spiro atoms. The second-order valence-electron chi connectivity index (χ2n) is 8.92. The topological polar surface area (TPSA) is 102 Å². The summed E-state index contributed by atoms with van der Waals surface area (Å²) in [5.74, 6) is 0.295. The summed E-state index contributed by atoms with van der Waals surface area (Å²) in [6, 6.07) is 12.7. The van der Waals surface area contributed by atoms with Crippen molar-refractivity contribution in [2.24, 2.45) is 5.92 Å². The number of nitrogens with zero attached hydrogens (tertiary/aromatic N) is 3. The van der Waals surface area contributed by atoms with Crippen LogP contribution in [0.5, 0.6) is 0 Å². The van der Waals surface area contributed by atoms with E-state index in [4.69, 9.17) is 0 Å². The van der Waals surface area contributed by atoms with E-state index in [2.05, 4.69) is 44.1 Å². The van der Waals surface area contributed by atoms with Gasteiger partial charge < -0.3 is 4.90 Å². The summed E-state index contributed by atoms with van der Waals surface area (Å²) in [7, 11) is 0. The first-order chi connectivity index (χ1) is 15.5. The predicted octanol–water partition coefficient (Wildman–Crippen LogP) is 2.05. The first kappa shape index (κ1) is 20.6. The highest BCUT2D eigenvalue weighted by Crippen LogP contribution is 2.32. The first-order valence-corrected chi connectivity index (χ1v) is 11.2. The number of hydrogen-bond acceptors (Lipinski definition) is 5. The molecule has 5 rings (SSSR count). The van der Waals surface area contributed by atoms with Gasteiger partial charge in [0, 0.05) is 25.7 Å². The zero-order chi connectivity index (χ0) is 22.2. The Kier molecular flexibility index (Phi) is 5.38. The Bertz CT molecular complexity index is 1270. The molecule has 2 unspecified atom stereocenters. The molecule has 2 aliphatic rings. The van der Waals surface area contributed by atoms with Gasteiger partial charge in [0.05, 0.1) is 5.39 Å². The number of benzene rings is 1. The number of nitrogens with one attached hydrogen (secondary N) is 2. The Morgan fingerprint density at radius 2 is 1.94 bits per heavy atom. The van der Waals surface area contributed by atoms with Gasteiger partial charge in [-0.15, -0.1) is 0 Å². The van der Waals surface area contributed by atoms with Crippen LogP contribution in [0.3, 0.4) is 0 Å². The van der Waals surface area contributed by atoms with Gasteiger partial charge in [-0.05, 0) is 55.8 Å². The second kappa shape index (κ2) is 8.35. The standard InChI is InChI=1S/C24H27N5O3/c1-15-12-18(25-21-20(15)22(30)27-24(32)26-21)23(31)29-11-9-19-17(14-29)8-5-10-28(19)13-16-6-3-2-4-7-16/h2-4,6-7,12,17,19H,5,8-11,13-14H2,1H3,(H2,25,26,27,30,32). The van der Waals surface area contributed by atoms with Crippen LogP contribution >= 0.6 is 0 Å². The molecular formula is C24H27N5O3. The highest BCUT2D eigenvalue weighted by molar-refractivity contribution is 5.95. The van der Waals surface area contributed by atoms with Crippen molar-refractivity contribution in [2.75, 3.05) is 19.6 Å². The molecule has 4 heterocycles. The van der Waals surface area contributed by atoms with Crippen LogP contribution in [-0.2, 0) is 6.54 Å². The van der Waals surface area contributed by atoms with Gasteiger partial charge in [-0.1, -0.05) is 30.3 Å². The molecule has 2 atom stereocenters. The van der Waals surface area contributed by atoms with Crippen molar-refractivity contribution in [1.29, 1.82) is 0 Å². The number of piperidine rings is 2. The van der Waals surface area contributed by atoms with Crippen LogP contribution < -0.4 is 11.2 Å². The molecule has 2 aliphatic heterocycles. The molecule has 32 heavy (non-hydrogen) atoms. The third-order valence-corrected chi connectivity index (χ3v) is 6.82. The van der Waals surface area contributed by atoms with E-state index in [1.165, 1.54) is 5.56 Å². The normalized spacial score (nSPS) is 21.5. The number of carbonyl (C=O) groups is 1. The number of aromatic nitrogens is 3. The minimum absolute atomic E-state index is 0.144. The zero-order valence-electron chi connectivity index (χ0n) is 18.1. The van der Waals surface area contributed by atoms with Crippen LogP contribution in [0.2, 0.25) is 0 Å². The lowest BCUT2D eigenvalue weighted by Crippen LogP contribution is -2.54. The van der Waals surface area contributed by atoms with Gasteiger partial charge in [-0.25, -0.2) is 9.78 Å². The number of fused-ring (bicyclic) bond motifs is 2. The van der Waals surface area contributed by atoms with Gasteiger partial charge in [0.25, 0.3) is 11.5 Å². The van der Waals surface area contributed by atoms with Crippen LogP contribution in [0.1, 0.15) is 40.9 Å². The lowest BCUT2D eigenvalue weighted by Gasteiger charge is -2.47. The smallest absolute Gasteiger partial charge is 0.327 e. The van der Waals surface area contributed by atoms with E-state index in [9.17, 15) is 14.4 Å². The number of carbonyl (C=O) groups excluding carboxylic acids is 1. The number of pyridine rings is 1. The quantitative estimate of drug-likeness (QED) is 0.658. The van der Waals surface area contributed by atoms with Gasteiger partial charge in [-0.2, -0.15) is 0 Å². The van der Waals surface area contributed by atoms with Gasteiger partial charge in [0.15, 0.2) is 0 Å². The zero-order valence-corrected chi connectivity index (χ0v) is 18.1. The number of likely N-dealkylation sites (tertiary alicyclic amines) is 2. The van der Waals surface area contributed by atoms with E-state index < -0.39 is 11.2 Å². The molecule has 2 fully saturated rings. The third-order valence-electron chi connectivity index (χ3n) is 6.82. The molecule has 1 aromatic carbocycles. The number of H-pyrrole nitrogens is 2. The Morgan fingerprint density at radius 1 is 1.12 bits per heavy atom. The highest BCUT2D eigenvalue weighted by Gasteiger charge is 2.37. The molecule has 8 heteroatoms.